The fourth-order valence-electron chi connectivity index (χ4n) is 1.84. The molecule has 5 heteroatoms. The van der Waals surface area contributed by atoms with Crippen LogP contribution in [0.1, 0.15) is 12.5 Å². The maximum Gasteiger partial charge on any atom is 0.320 e. The number of para-hydroxylation sites is 2. The van der Waals surface area contributed by atoms with E-state index in [9.17, 15) is 4.79 Å². The quantitative estimate of drug-likeness (QED) is 0.836. The third-order valence-electron chi connectivity index (χ3n) is 2.87. The average Bonchev–Trinajstić information content (AvgIpc) is 2.55. The fourth-order valence-corrected chi connectivity index (χ4v) is 2.03. The summed E-state index contributed by atoms with van der Waals surface area (Å²) in [5.74, 6) is 6.41. The van der Waals surface area contributed by atoms with Crippen molar-refractivity contribution in [2.24, 2.45) is 0 Å². The van der Waals surface area contributed by atoms with E-state index in [4.69, 9.17) is 16.3 Å². The van der Waals surface area contributed by atoms with Crippen LogP contribution in [0.25, 0.3) is 0 Å². The smallest absolute Gasteiger partial charge is 0.320 e. The largest absolute Gasteiger partial charge is 0.492 e. The van der Waals surface area contributed by atoms with Crippen molar-refractivity contribution in [3.63, 3.8) is 0 Å². The van der Waals surface area contributed by atoms with Gasteiger partial charge < -0.3 is 15.4 Å². The normalized spacial score (nSPS) is 9.48. The first kappa shape index (κ1) is 16.7. The van der Waals surface area contributed by atoms with Crippen LogP contribution in [0, 0.1) is 11.8 Å². The fraction of sp³-hybridized carbons (Fsp3) is 0.167. The number of carbonyl (C=O) groups is 1. The number of nitrogens with one attached hydrogen (secondary N) is 2. The van der Waals surface area contributed by atoms with Crippen molar-refractivity contribution in [2.75, 3.05) is 18.5 Å². The van der Waals surface area contributed by atoms with Gasteiger partial charge in [-0.25, -0.2) is 4.79 Å². The predicted octanol–water partition coefficient (Wildman–Crippen LogP) is 3.91. The number of anilines is 1. The van der Waals surface area contributed by atoms with Crippen LogP contribution in [-0.4, -0.2) is 19.2 Å². The van der Waals surface area contributed by atoms with Gasteiger partial charge in [-0.1, -0.05) is 47.7 Å². The number of halogens is 1. The van der Waals surface area contributed by atoms with Crippen molar-refractivity contribution in [3.8, 4) is 17.6 Å². The number of urea groups is 1. The Balaban J connectivity index is 1.88. The van der Waals surface area contributed by atoms with Gasteiger partial charge in [-0.2, -0.15) is 0 Å². The van der Waals surface area contributed by atoms with E-state index in [1.165, 1.54) is 0 Å². The summed E-state index contributed by atoms with van der Waals surface area (Å²) in [7, 11) is 0. The van der Waals surface area contributed by atoms with Crippen molar-refractivity contribution >= 4 is 23.3 Å². The van der Waals surface area contributed by atoms with Crippen molar-refractivity contribution in [2.45, 2.75) is 6.92 Å². The first-order valence-electron chi connectivity index (χ1n) is 7.20. The van der Waals surface area contributed by atoms with Crippen molar-refractivity contribution < 1.29 is 9.53 Å². The summed E-state index contributed by atoms with van der Waals surface area (Å²) in [5, 5.41) is 6.00. The molecule has 0 unspecified atom stereocenters. The molecule has 2 amide bonds. The lowest BCUT2D eigenvalue weighted by Gasteiger charge is -2.11. The molecule has 0 aliphatic rings. The second-order valence-electron chi connectivity index (χ2n) is 4.52. The molecule has 2 aromatic rings. The lowest BCUT2D eigenvalue weighted by atomic mass is 10.2. The molecule has 2 N–H and O–H groups in total. The monoisotopic (exact) mass is 328 g/mol. The summed E-state index contributed by atoms with van der Waals surface area (Å²) in [6.45, 7) is 2.64. The number of rotatable bonds is 4. The minimum absolute atomic E-state index is 0.216. The molecule has 23 heavy (non-hydrogen) atoms. The summed E-state index contributed by atoms with van der Waals surface area (Å²) in [5.41, 5.74) is 1.35. The molecule has 118 valence electrons. The summed E-state index contributed by atoms with van der Waals surface area (Å²) in [6, 6.07) is 14.2. The summed E-state index contributed by atoms with van der Waals surface area (Å²) < 4.78 is 5.45. The van der Waals surface area contributed by atoms with Gasteiger partial charge in [0.2, 0.25) is 0 Å². The molecule has 2 aromatic carbocycles. The molecule has 0 saturated carbocycles. The van der Waals surface area contributed by atoms with Crippen LogP contribution in [-0.2, 0) is 0 Å². The van der Waals surface area contributed by atoms with Gasteiger partial charge in [-0.3, -0.25) is 0 Å². The molecule has 0 fully saturated rings. The number of carbonyl (C=O) groups excluding carboxylic acids is 1. The molecule has 0 aliphatic carbocycles. The van der Waals surface area contributed by atoms with E-state index in [0.29, 0.717) is 23.1 Å². The Morgan fingerprint density at radius 2 is 1.91 bits per heavy atom. The zero-order valence-corrected chi connectivity index (χ0v) is 13.5. The van der Waals surface area contributed by atoms with Gasteiger partial charge in [0.1, 0.15) is 5.75 Å². The molecule has 0 aromatic heterocycles. The van der Waals surface area contributed by atoms with Crippen LogP contribution < -0.4 is 15.4 Å². The third kappa shape index (κ3) is 5.24. The van der Waals surface area contributed by atoms with E-state index < -0.39 is 0 Å². The standard InChI is InChI=1S/C18H17ClN2O2/c1-2-23-17-12-6-5-11-16(17)21-18(22)20-13-7-9-14-8-3-4-10-15(14)19/h3-6,8,10-12H,2,13H2,1H3,(H2,20,21,22). The number of hydrogen-bond donors (Lipinski definition) is 2. The van der Waals surface area contributed by atoms with Gasteiger partial charge >= 0.3 is 6.03 Å². The second kappa shape index (κ2) is 8.72. The maximum atomic E-state index is 11.9. The molecule has 0 atom stereocenters. The van der Waals surface area contributed by atoms with Gasteiger partial charge in [0.25, 0.3) is 0 Å². The van der Waals surface area contributed by atoms with Crippen LogP contribution in [0.15, 0.2) is 48.5 Å². The van der Waals surface area contributed by atoms with E-state index in [0.717, 1.165) is 5.56 Å². The number of benzene rings is 2. The van der Waals surface area contributed by atoms with Gasteiger partial charge in [0.05, 0.1) is 23.9 Å². The van der Waals surface area contributed by atoms with Crippen molar-refractivity contribution in [1.29, 1.82) is 0 Å². The minimum Gasteiger partial charge on any atom is -0.492 e. The Morgan fingerprint density at radius 3 is 2.70 bits per heavy atom. The van der Waals surface area contributed by atoms with Crippen LogP contribution >= 0.6 is 11.6 Å². The highest BCUT2D eigenvalue weighted by Crippen LogP contribution is 2.23. The first-order valence-corrected chi connectivity index (χ1v) is 7.58. The molecule has 2 rings (SSSR count). The maximum absolute atomic E-state index is 11.9. The summed E-state index contributed by atoms with van der Waals surface area (Å²) in [6.07, 6.45) is 0. The number of hydrogen-bond acceptors (Lipinski definition) is 2. The van der Waals surface area contributed by atoms with Crippen LogP contribution in [0.2, 0.25) is 5.02 Å². The molecule has 4 nitrogen and oxygen atoms in total. The Bertz CT molecular complexity index is 735. The van der Waals surface area contributed by atoms with Gasteiger partial charge in [-0.05, 0) is 31.2 Å². The van der Waals surface area contributed by atoms with E-state index in [1.54, 1.807) is 18.2 Å². The molecular weight excluding hydrogens is 312 g/mol. The van der Waals surface area contributed by atoms with Gasteiger partial charge in [-0.15, -0.1) is 0 Å². The molecule has 0 heterocycles. The number of ether oxygens (including phenoxy) is 1. The zero-order valence-electron chi connectivity index (χ0n) is 12.7. The molecule has 0 spiro atoms. The number of amides is 2. The average molecular weight is 329 g/mol. The Morgan fingerprint density at radius 1 is 1.17 bits per heavy atom. The lowest BCUT2D eigenvalue weighted by Crippen LogP contribution is -2.29. The highest BCUT2D eigenvalue weighted by Gasteiger charge is 2.05. The Labute approximate surface area is 140 Å². The lowest BCUT2D eigenvalue weighted by molar-refractivity contribution is 0.253. The Kier molecular flexibility index (Phi) is 6.34. The topological polar surface area (TPSA) is 50.4 Å². The van der Waals surface area contributed by atoms with E-state index in [-0.39, 0.29) is 12.6 Å². The van der Waals surface area contributed by atoms with Crippen LogP contribution in [0.5, 0.6) is 5.75 Å². The van der Waals surface area contributed by atoms with Gasteiger partial charge in [0.15, 0.2) is 0 Å². The van der Waals surface area contributed by atoms with Gasteiger partial charge in [0, 0.05) is 5.56 Å². The third-order valence-corrected chi connectivity index (χ3v) is 3.20. The molecule has 0 bridgehead atoms. The zero-order chi connectivity index (χ0) is 16.5. The predicted molar refractivity (Wildman–Crippen MR) is 93.0 cm³/mol. The summed E-state index contributed by atoms with van der Waals surface area (Å²) in [4.78, 5) is 11.9. The van der Waals surface area contributed by atoms with Crippen LogP contribution in [0.4, 0.5) is 10.5 Å². The van der Waals surface area contributed by atoms with E-state index >= 15 is 0 Å². The highest BCUT2D eigenvalue weighted by atomic mass is 35.5. The van der Waals surface area contributed by atoms with Crippen molar-refractivity contribution in [3.05, 3.63) is 59.1 Å². The van der Waals surface area contributed by atoms with E-state index in [1.807, 2.05) is 37.3 Å². The van der Waals surface area contributed by atoms with Crippen LogP contribution in [0.3, 0.4) is 0 Å². The van der Waals surface area contributed by atoms with Crippen molar-refractivity contribution in [1.82, 2.24) is 5.32 Å². The Hall–Kier alpha value is -2.64. The highest BCUT2D eigenvalue weighted by molar-refractivity contribution is 6.31. The summed E-state index contributed by atoms with van der Waals surface area (Å²) >= 11 is 6.00. The molecule has 0 aliphatic heterocycles. The molecule has 0 radical (unpaired) electrons. The molecule has 0 saturated heterocycles. The molecular formula is C18H17ClN2O2. The second-order valence-corrected chi connectivity index (χ2v) is 4.93. The first-order chi connectivity index (χ1) is 11.2. The van der Waals surface area contributed by atoms with E-state index in [2.05, 4.69) is 22.5 Å². The SMILES string of the molecule is CCOc1ccccc1NC(=O)NCC#Cc1ccccc1Cl. The minimum atomic E-state index is -0.342.